The van der Waals surface area contributed by atoms with Crippen LogP contribution in [0.25, 0.3) is 11.2 Å². The molecule has 0 amide bonds. The van der Waals surface area contributed by atoms with E-state index in [0.717, 1.165) is 5.69 Å². The summed E-state index contributed by atoms with van der Waals surface area (Å²) in [5, 5.41) is 13.0. The molecule has 0 saturated carbocycles. The van der Waals surface area contributed by atoms with E-state index in [4.69, 9.17) is 28.3 Å². The highest BCUT2D eigenvalue weighted by Gasteiger charge is 2.11. The number of nitrogens with one attached hydrogen (secondary N) is 1. The second kappa shape index (κ2) is 5.85. The number of benzene rings is 1. The SMILES string of the molecule is OCCn1cnc2c(Cl)nc(Nc3ccc(Cl)cc3)nc21. The van der Waals surface area contributed by atoms with Crippen molar-refractivity contribution in [1.82, 2.24) is 19.5 Å². The second-order valence-electron chi connectivity index (χ2n) is 4.30. The number of imidazole rings is 1. The van der Waals surface area contributed by atoms with Crippen LogP contribution in [0.5, 0.6) is 0 Å². The van der Waals surface area contributed by atoms with Gasteiger partial charge >= 0.3 is 0 Å². The quantitative estimate of drug-likeness (QED) is 0.722. The lowest BCUT2D eigenvalue weighted by atomic mass is 10.3. The minimum absolute atomic E-state index is 0.00692. The highest BCUT2D eigenvalue weighted by Crippen LogP contribution is 2.23. The lowest BCUT2D eigenvalue weighted by Gasteiger charge is -2.06. The van der Waals surface area contributed by atoms with E-state index in [9.17, 15) is 0 Å². The number of halogens is 2. The maximum atomic E-state index is 9.04. The van der Waals surface area contributed by atoms with Gasteiger partial charge in [0.15, 0.2) is 10.8 Å². The zero-order valence-electron chi connectivity index (χ0n) is 10.8. The predicted molar refractivity (Wildman–Crippen MR) is 82.2 cm³/mol. The van der Waals surface area contributed by atoms with Crippen LogP contribution in [0.3, 0.4) is 0 Å². The highest BCUT2D eigenvalue weighted by molar-refractivity contribution is 6.33. The van der Waals surface area contributed by atoms with Gasteiger partial charge in [0.25, 0.3) is 0 Å². The molecular weight excluding hydrogens is 313 g/mol. The van der Waals surface area contributed by atoms with Crippen LogP contribution in [-0.4, -0.2) is 31.2 Å². The molecule has 2 N–H and O–H groups in total. The minimum atomic E-state index is -0.00692. The fourth-order valence-corrected chi connectivity index (χ4v) is 2.24. The molecule has 8 heteroatoms. The van der Waals surface area contributed by atoms with Crippen molar-refractivity contribution in [2.75, 3.05) is 11.9 Å². The average Bonchev–Trinajstić information content (AvgIpc) is 2.86. The summed E-state index contributed by atoms with van der Waals surface area (Å²) in [4.78, 5) is 12.7. The monoisotopic (exact) mass is 323 g/mol. The maximum absolute atomic E-state index is 9.04. The number of aliphatic hydroxyl groups is 1. The molecule has 0 radical (unpaired) electrons. The fraction of sp³-hybridized carbons (Fsp3) is 0.154. The number of rotatable bonds is 4. The normalized spacial score (nSPS) is 11.0. The topological polar surface area (TPSA) is 75.9 Å². The first-order valence-corrected chi connectivity index (χ1v) is 6.95. The van der Waals surface area contributed by atoms with Crippen LogP contribution < -0.4 is 5.32 Å². The third-order valence-corrected chi connectivity index (χ3v) is 3.38. The Labute approximate surface area is 130 Å². The standard InChI is InChI=1S/C13H11Cl2N5O/c14-8-1-3-9(4-2-8)17-13-18-11(15)10-12(19-13)20(5-6-21)7-16-10/h1-4,7,21H,5-6H2,(H,17,18,19). The molecule has 0 unspecified atom stereocenters. The molecule has 3 rings (SSSR count). The Bertz CT molecular complexity index is 772. The summed E-state index contributed by atoms with van der Waals surface area (Å²) in [5.74, 6) is 0.356. The molecule has 21 heavy (non-hydrogen) atoms. The van der Waals surface area contributed by atoms with Crippen LogP contribution in [0.15, 0.2) is 30.6 Å². The lowest BCUT2D eigenvalue weighted by molar-refractivity contribution is 0.277. The first-order valence-electron chi connectivity index (χ1n) is 6.19. The summed E-state index contributed by atoms with van der Waals surface area (Å²) in [6.45, 7) is 0.386. The zero-order valence-corrected chi connectivity index (χ0v) is 12.3. The van der Waals surface area contributed by atoms with Gasteiger partial charge in [0.1, 0.15) is 5.52 Å². The number of anilines is 2. The van der Waals surface area contributed by atoms with Gasteiger partial charge < -0.3 is 15.0 Å². The number of hydrogen-bond acceptors (Lipinski definition) is 5. The van der Waals surface area contributed by atoms with Crippen molar-refractivity contribution in [1.29, 1.82) is 0 Å². The summed E-state index contributed by atoms with van der Waals surface area (Å²) >= 11 is 12.0. The van der Waals surface area contributed by atoms with E-state index in [-0.39, 0.29) is 11.8 Å². The van der Waals surface area contributed by atoms with Crippen LogP contribution in [0, 0.1) is 0 Å². The summed E-state index contributed by atoms with van der Waals surface area (Å²) in [6, 6.07) is 7.16. The van der Waals surface area contributed by atoms with Gasteiger partial charge in [-0.25, -0.2) is 4.98 Å². The van der Waals surface area contributed by atoms with Crippen LogP contribution >= 0.6 is 23.2 Å². The number of hydrogen-bond donors (Lipinski definition) is 2. The molecule has 0 aliphatic carbocycles. The highest BCUT2D eigenvalue weighted by atomic mass is 35.5. The Morgan fingerprint density at radius 1 is 1.14 bits per heavy atom. The van der Waals surface area contributed by atoms with Gasteiger partial charge in [0.2, 0.25) is 5.95 Å². The fourth-order valence-electron chi connectivity index (χ4n) is 1.90. The van der Waals surface area contributed by atoms with Crippen molar-refractivity contribution in [3.63, 3.8) is 0 Å². The Morgan fingerprint density at radius 2 is 1.90 bits per heavy atom. The van der Waals surface area contributed by atoms with Crippen LogP contribution in [0.1, 0.15) is 0 Å². The Morgan fingerprint density at radius 3 is 2.62 bits per heavy atom. The first kappa shape index (κ1) is 14.1. The van der Waals surface area contributed by atoms with E-state index in [2.05, 4.69) is 20.3 Å². The molecule has 6 nitrogen and oxygen atoms in total. The van der Waals surface area contributed by atoms with Crippen molar-refractivity contribution >= 4 is 46.0 Å². The molecule has 3 aromatic rings. The van der Waals surface area contributed by atoms with Gasteiger partial charge in [-0.1, -0.05) is 23.2 Å². The molecular formula is C13H11Cl2N5O. The maximum Gasteiger partial charge on any atom is 0.230 e. The van der Waals surface area contributed by atoms with E-state index >= 15 is 0 Å². The molecule has 0 bridgehead atoms. The zero-order chi connectivity index (χ0) is 14.8. The van der Waals surface area contributed by atoms with Gasteiger partial charge in [-0.05, 0) is 24.3 Å². The van der Waals surface area contributed by atoms with E-state index in [1.807, 2.05) is 12.1 Å². The predicted octanol–water partition coefficient (Wildman–Crippen LogP) is 2.87. The van der Waals surface area contributed by atoms with Crippen molar-refractivity contribution < 1.29 is 5.11 Å². The number of nitrogens with zero attached hydrogens (tertiary/aromatic N) is 4. The first-order chi connectivity index (χ1) is 10.2. The van der Waals surface area contributed by atoms with Gasteiger partial charge in [-0.2, -0.15) is 9.97 Å². The molecule has 2 heterocycles. The van der Waals surface area contributed by atoms with Crippen LogP contribution in [0.2, 0.25) is 10.2 Å². The Hall–Kier alpha value is -1.89. The minimum Gasteiger partial charge on any atom is -0.395 e. The molecule has 108 valence electrons. The molecule has 2 aromatic heterocycles. The third kappa shape index (κ3) is 2.92. The average molecular weight is 324 g/mol. The van der Waals surface area contributed by atoms with E-state index in [1.165, 1.54) is 0 Å². The van der Waals surface area contributed by atoms with Gasteiger partial charge in [0.05, 0.1) is 12.9 Å². The van der Waals surface area contributed by atoms with E-state index in [0.29, 0.717) is 28.7 Å². The second-order valence-corrected chi connectivity index (χ2v) is 5.10. The lowest BCUT2D eigenvalue weighted by Crippen LogP contribution is -2.04. The summed E-state index contributed by atoms with van der Waals surface area (Å²) in [5.41, 5.74) is 1.87. The largest absolute Gasteiger partial charge is 0.395 e. The molecule has 0 atom stereocenters. The molecule has 0 aliphatic heterocycles. The van der Waals surface area contributed by atoms with Crippen LogP contribution in [-0.2, 0) is 6.54 Å². The van der Waals surface area contributed by atoms with Crippen LogP contribution in [0.4, 0.5) is 11.6 Å². The van der Waals surface area contributed by atoms with Crippen molar-refractivity contribution in [2.24, 2.45) is 0 Å². The molecule has 0 fully saturated rings. The Balaban J connectivity index is 1.98. The third-order valence-electron chi connectivity index (χ3n) is 2.86. The molecule has 0 spiro atoms. The number of aromatic nitrogens is 4. The molecule has 0 aliphatic rings. The van der Waals surface area contributed by atoms with Gasteiger partial charge in [0, 0.05) is 17.3 Å². The van der Waals surface area contributed by atoms with Gasteiger partial charge in [-0.15, -0.1) is 0 Å². The van der Waals surface area contributed by atoms with Crippen molar-refractivity contribution in [3.05, 3.63) is 40.8 Å². The molecule has 0 saturated heterocycles. The molecule has 1 aromatic carbocycles. The van der Waals surface area contributed by atoms with E-state index < -0.39 is 0 Å². The summed E-state index contributed by atoms with van der Waals surface area (Å²) < 4.78 is 1.72. The van der Waals surface area contributed by atoms with Gasteiger partial charge in [-0.3, -0.25) is 0 Å². The van der Waals surface area contributed by atoms with Crippen molar-refractivity contribution in [3.8, 4) is 0 Å². The van der Waals surface area contributed by atoms with E-state index in [1.54, 1.807) is 23.0 Å². The smallest absolute Gasteiger partial charge is 0.230 e. The number of fused-ring (bicyclic) bond motifs is 1. The Kier molecular flexibility index (Phi) is 3.92. The number of aliphatic hydroxyl groups excluding tert-OH is 1. The summed E-state index contributed by atoms with van der Waals surface area (Å²) in [6.07, 6.45) is 1.58. The summed E-state index contributed by atoms with van der Waals surface area (Å²) in [7, 11) is 0. The van der Waals surface area contributed by atoms with Crippen molar-refractivity contribution in [2.45, 2.75) is 6.54 Å².